The fourth-order valence-electron chi connectivity index (χ4n) is 0.521. The van der Waals surface area contributed by atoms with Crippen LogP contribution in [0.4, 0.5) is 4.39 Å². The molecule has 0 spiro atoms. The van der Waals surface area contributed by atoms with Gasteiger partial charge in [-0.3, -0.25) is 0 Å². The molecule has 0 unspecified atom stereocenters. The van der Waals surface area contributed by atoms with Crippen LogP contribution in [0.2, 0.25) is 5.02 Å². The van der Waals surface area contributed by atoms with Crippen LogP contribution in [-0.2, 0) is 6.67 Å². The van der Waals surface area contributed by atoms with E-state index in [1.165, 1.54) is 0 Å². The van der Waals surface area contributed by atoms with Crippen LogP contribution in [-0.4, -0.2) is 0 Å². The summed E-state index contributed by atoms with van der Waals surface area (Å²) < 4.78 is 11.8. The van der Waals surface area contributed by atoms with Crippen LogP contribution >= 0.6 is 11.6 Å². The predicted molar refractivity (Wildman–Crippen MR) is 35.1 cm³/mol. The van der Waals surface area contributed by atoms with Crippen LogP contribution < -0.4 is 0 Å². The van der Waals surface area contributed by atoms with Crippen molar-refractivity contribution in [3.05, 3.63) is 34.9 Å². The van der Waals surface area contributed by atoms with E-state index in [-0.39, 0.29) is 0 Å². The second-order valence-corrected chi connectivity index (χ2v) is 2.09. The van der Waals surface area contributed by atoms with E-state index < -0.39 is 6.67 Å². The average Bonchev–Trinajstić information content (AvgIpc) is 1.90. The minimum atomic E-state index is -0.451. The number of hydrogen-bond acceptors (Lipinski definition) is 0. The van der Waals surface area contributed by atoms with Gasteiger partial charge in [0.1, 0.15) is 6.67 Å². The smallest absolute Gasteiger partial charge is 0.115 e. The lowest BCUT2D eigenvalue weighted by Gasteiger charge is -1.90. The molecular weight excluding hydrogens is 139 g/mol. The van der Waals surface area contributed by atoms with Crippen molar-refractivity contribution in [3.8, 4) is 0 Å². The molecule has 0 heterocycles. The van der Waals surface area contributed by atoms with Gasteiger partial charge in [0.25, 0.3) is 0 Å². The van der Waals surface area contributed by atoms with Crippen LogP contribution in [0.5, 0.6) is 0 Å². The van der Waals surface area contributed by atoms with Crippen molar-refractivity contribution < 1.29 is 4.39 Å². The van der Waals surface area contributed by atoms with Gasteiger partial charge in [-0.25, -0.2) is 4.39 Å². The number of halogens is 2. The van der Waals surface area contributed by atoms with E-state index >= 15 is 0 Å². The quantitative estimate of drug-likeness (QED) is 0.567. The molecule has 1 aromatic carbocycles. The summed E-state index contributed by atoms with van der Waals surface area (Å²) in [6.07, 6.45) is 0. The average molecular weight is 144 g/mol. The molecule has 0 saturated carbocycles. The molecule has 0 aliphatic heterocycles. The summed E-state index contributed by atoms with van der Waals surface area (Å²) in [7, 11) is 0. The summed E-state index contributed by atoms with van der Waals surface area (Å²) in [6.45, 7) is -0.451. The highest BCUT2D eigenvalue weighted by molar-refractivity contribution is 6.30. The van der Waals surface area contributed by atoms with Crippen molar-refractivity contribution in [2.75, 3.05) is 0 Å². The lowest BCUT2D eigenvalue weighted by molar-refractivity contribution is 0.485. The second-order valence-electron chi connectivity index (χ2n) is 1.68. The zero-order chi connectivity index (χ0) is 6.69. The van der Waals surface area contributed by atoms with E-state index in [4.69, 9.17) is 11.6 Å². The van der Waals surface area contributed by atoms with E-state index in [1.54, 1.807) is 18.2 Å². The maximum atomic E-state index is 11.8. The maximum Gasteiger partial charge on any atom is 0.115 e. The highest BCUT2D eigenvalue weighted by atomic mass is 35.5. The standard InChI is InChI=1S/C7H5ClF/c8-7-3-1-6(5-9)2-4-7/h1-3H,5H2. The first-order valence-corrected chi connectivity index (χ1v) is 2.93. The molecule has 47 valence electrons. The van der Waals surface area contributed by atoms with Gasteiger partial charge in [-0.15, -0.1) is 0 Å². The molecule has 1 rings (SSSR count). The first-order valence-electron chi connectivity index (χ1n) is 2.55. The van der Waals surface area contributed by atoms with Crippen molar-refractivity contribution in [1.82, 2.24) is 0 Å². The van der Waals surface area contributed by atoms with Crippen molar-refractivity contribution in [1.29, 1.82) is 0 Å². The Morgan fingerprint density at radius 1 is 1.56 bits per heavy atom. The Bertz CT molecular complexity index is 181. The van der Waals surface area contributed by atoms with E-state index in [2.05, 4.69) is 6.07 Å². The van der Waals surface area contributed by atoms with Gasteiger partial charge in [0.05, 0.1) is 0 Å². The Morgan fingerprint density at radius 2 is 2.33 bits per heavy atom. The Hall–Kier alpha value is -0.560. The van der Waals surface area contributed by atoms with Crippen molar-refractivity contribution in [2.24, 2.45) is 0 Å². The van der Waals surface area contributed by atoms with Crippen molar-refractivity contribution in [3.63, 3.8) is 0 Å². The lowest BCUT2D eigenvalue weighted by Crippen LogP contribution is -1.74. The van der Waals surface area contributed by atoms with Crippen LogP contribution in [0.1, 0.15) is 5.56 Å². The third kappa shape index (κ3) is 1.68. The normalized spacial score (nSPS) is 9.56. The summed E-state index contributed by atoms with van der Waals surface area (Å²) in [5.41, 5.74) is 0.611. The molecule has 0 nitrogen and oxygen atoms in total. The molecule has 0 bridgehead atoms. The van der Waals surface area contributed by atoms with Crippen molar-refractivity contribution in [2.45, 2.75) is 6.67 Å². The molecule has 0 fully saturated rings. The van der Waals surface area contributed by atoms with Gasteiger partial charge < -0.3 is 0 Å². The fourth-order valence-corrected chi connectivity index (χ4v) is 0.639. The summed E-state index contributed by atoms with van der Waals surface area (Å²) in [4.78, 5) is 0. The second kappa shape index (κ2) is 2.83. The van der Waals surface area contributed by atoms with Crippen molar-refractivity contribution >= 4 is 11.6 Å². The van der Waals surface area contributed by atoms with E-state index in [9.17, 15) is 4.39 Å². The van der Waals surface area contributed by atoms with Gasteiger partial charge in [-0.2, -0.15) is 0 Å². The molecule has 0 aliphatic rings. The first kappa shape index (κ1) is 6.56. The Morgan fingerprint density at radius 3 is 2.78 bits per heavy atom. The molecule has 0 amide bonds. The monoisotopic (exact) mass is 143 g/mol. The van der Waals surface area contributed by atoms with Crippen LogP contribution in [0.15, 0.2) is 18.2 Å². The molecule has 0 N–H and O–H groups in total. The Kier molecular flexibility index (Phi) is 2.06. The van der Waals surface area contributed by atoms with Gasteiger partial charge >= 0.3 is 0 Å². The highest BCUT2D eigenvalue weighted by Gasteiger charge is 1.89. The van der Waals surface area contributed by atoms with Gasteiger partial charge in [0, 0.05) is 11.1 Å². The molecule has 2 heteroatoms. The van der Waals surface area contributed by atoms with E-state index in [0.29, 0.717) is 10.6 Å². The predicted octanol–water partition coefficient (Wildman–Crippen LogP) is 2.61. The highest BCUT2D eigenvalue weighted by Crippen LogP contribution is 2.08. The third-order valence-corrected chi connectivity index (χ3v) is 1.23. The van der Waals surface area contributed by atoms with Gasteiger partial charge in [-0.1, -0.05) is 17.7 Å². The van der Waals surface area contributed by atoms with Gasteiger partial charge in [0.15, 0.2) is 0 Å². The third-order valence-electron chi connectivity index (χ3n) is 0.993. The van der Waals surface area contributed by atoms with Gasteiger partial charge in [0.2, 0.25) is 0 Å². The SMILES string of the molecule is FCc1c[c]c(Cl)cc1. The molecule has 0 saturated heterocycles. The van der Waals surface area contributed by atoms with Gasteiger partial charge in [-0.05, 0) is 17.7 Å². The zero-order valence-corrected chi connectivity index (χ0v) is 5.45. The molecule has 1 radical (unpaired) electrons. The summed E-state index contributed by atoms with van der Waals surface area (Å²) in [5, 5.41) is 0.521. The summed E-state index contributed by atoms with van der Waals surface area (Å²) >= 11 is 5.49. The molecule has 1 aromatic rings. The molecule has 0 atom stereocenters. The number of hydrogen-bond donors (Lipinski definition) is 0. The van der Waals surface area contributed by atoms with E-state index in [1.807, 2.05) is 0 Å². The molecular formula is C7H5ClF. The van der Waals surface area contributed by atoms with E-state index in [0.717, 1.165) is 0 Å². The first-order chi connectivity index (χ1) is 4.33. The number of alkyl halides is 1. The molecule has 9 heavy (non-hydrogen) atoms. The molecule has 0 aromatic heterocycles. The topological polar surface area (TPSA) is 0 Å². The van der Waals surface area contributed by atoms with Crippen LogP contribution in [0, 0.1) is 6.07 Å². The lowest BCUT2D eigenvalue weighted by atomic mass is 10.2. The minimum absolute atomic E-state index is 0.451. The number of rotatable bonds is 1. The van der Waals surface area contributed by atoms with Crippen LogP contribution in [0.3, 0.4) is 0 Å². The zero-order valence-electron chi connectivity index (χ0n) is 4.70. The Labute approximate surface area is 58.3 Å². The Balaban J connectivity index is 2.88. The minimum Gasteiger partial charge on any atom is -0.246 e. The maximum absolute atomic E-state index is 11.8. The largest absolute Gasteiger partial charge is 0.246 e. The summed E-state index contributed by atoms with van der Waals surface area (Å²) in [6, 6.07) is 7.48. The number of benzene rings is 1. The summed E-state index contributed by atoms with van der Waals surface area (Å²) in [5.74, 6) is 0. The molecule has 0 aliphatic carbocycles. The van der Waals surface area contributed by atoms with Crippen LogP contribution in [0.25, 0.3) is 0 Å². The fraction of sp³-hybridized carbons (Fsp3) is 0.143.